The normalized spacial score (nSPS) is 20.5. The summed E-state index contributed by atoms with van der Waals surface area (Å²) in [7, 11) is 5.65. The number of aliphatic hydroxyl groups is 1. The minimum atomic E-state index is -0.610. The van der Waals surface area contributed by atoms with Gasteiger partial charge in [0, 0.05) is 26.2 Å². The van der Waals surface area contributed by atoms with E-state index in [4.69, 9.17) is 9.47 Å². The summed E-state index contributed by atoms with van der Waals surface area (Å²) in [6.45, 7) is 3.13. The van der Waals surface area contributed by atoms with E-state index in [-0.39, 0.29) is 0 Å². The highest BCUT2D eigenvalue weighted by Crippen LogP contribution is 2.27. The average molecular weight is 356 g/mol. The van der Waals surface area contributed by atoms with Crippen molar-refractivity contribution >= 4 is 0 Å². The summed E-state index contributed by atoms with van der Waals surface area (Å²) in [5, 5.41) is 10.7. The molecule has 0 bridgehead atoms. The van der Waals surface area contributed by atoms with Crippen LogP contribution in [0.1, 0.15) is 12.0 Å². The lowest BCUT2D eigenvalue weighted by Crippen LogP contribution is -2.42. The molecule has 3 rings (SSSR count). The van der Waals surface area contributed by atoms with Gasteiger partial charge in [-0.15, -0.1) is 0 Å². The Morgan fingerprint density at radius 3 is 2.50 bits per heavy atom. The molecule has 0 saturated carbocycles. The molecule has 1 unspecified atom stereocenters. The molecule has 0 amide bonds. The molecule has 1 saturated heterocycles. The summed E-state index contributed by atoms with van der Waals surface area (Å²) < 4.78 is 11.1. The first-order valence-electron chi connectivity index (χ1n) is 8.96. The summed E-state index contributed by atoms with van der Waals surface area (Å²) in [6.07, 6.45) is 0.813. The van der Waals surface area contributed by atoms with Crippen molar-refractivity contribution in [1.29, 1.82) is 0 Å². The molecule has 1 N–H and O–H groups in total. The minimum absolute atomic E-state index is 0.610. The zero-order valence-electron chi connectivity index (χ0n) is 15.8. The molecular weight excluding hydrogens is 328 g/mol. The summed E-state index contributed by atoms with van der Waals surface area (Å²) in [5.41, 5.74) is 0.575. The first-order valence-corrected chi connectivity index (χ1v) is 8.96. The highest BCUT2D eigenvalue weighted by atomic mass is 16.5. The van der Waals surface area contributed by atoms with Crippen molar-refractivity contribution in [2.45, 2.75) is 18.6 Å². The van der Waals surface area contributed by atoms with Crippen molar-refractivity contribution in [3.05, 3.63) is 54.1 Å². The van der Waals surface area contributed by atoms with Crippen LogP contribution in [0.25, 0.3) is 0 Å². The van der Waals surface area contributed by atoms with Crippen LogP contribution < -0.4 is 9.47 Å². The molecule has 0 aliphatic carbocycles. The highest BCUT2D eigenvalue weighted by molar-refractivity contribution is 5.36. The smallest absolute Gasteiger partial charge is 0.127 e. The Bertz CT molecular complexity index is 717. The van der Waals surface area contributed by atoms with E-state index in [0.29, 0.717) is 13.1 Å². The first-order chi connectivity index (χ1) is 12.5. The Labute approximate surface area is 155 Å². The predicted octanol–water partition coefficient (Wildman–Crippen LogP) is 2.99. The fourth-order valence-electron chi connectivity index (χ4n) is 3.54. The molecule has 2 aromatic rings. The molecule has 26 heavy (non-hydrogen) atoms. The quantitative estimate of drug-likeness (QED) is 0.826. The molecule has 1 atom stereocenters. The number of nitrogens with zero attached hydrogens (tertiary/aromatic N) is 2. The molecule has 1 heterocycles. The summed E-state index contributed by atoms with van der Waals surface area (Å²) >= 11 is 0. The second kappa shape index (κ2) is 8.08. The van der Waals surface area contributed by atoms with Crippen molar-refractivity contribution in [3.8, 4) is 17.2 Å². The van der Waals surface area contributed by atoms with Gasteiger partial charge in [-0.25, -0.2) is 0 Å². The van der Waals surface area contributed by atoms with Gasteiger partial charge in [0.25, 0.3) is 0 Å². The number of methoxy groups -OCH3 is 1. The van der Waals surface area contributed by atoms with E-state index >= 15 is 0 Å². The molecule has 0 aromatic heterocycles. The maximum Gasteiger partial charge on any atom is 0.127 e. The molecule has 5 heteroatoms. The van der Waals surface area contributed by atoms with Gasteiger partial charge in [-0.05, 0) is 62.5 Å². The number of hydrogen-bond acceptors (Lipinski definition) is 5. The van der Waals surface area contributed by atoms with Crippen LogP contribution in [-0.2, 0) is 6.54 Å². The summed E-state index contributed by atoms with van der Waals surface area (Å²) in [6, 6.07) is 15.7. The molecular formula is C21H28N2O3. The number of benzene rings is 2. The maximum absolute atomic E-state index is 10.7. The number of likely N-dealkylation sites (N-methyl/N-ethyl adjacent to an activating group) is 1. The lowest BCUT2D eigenvalue weighted by molar-refractivity contribution is 0.0240. The number of ether oxygens (including phenoxy) is 2. The van der Waals surface area contributed by atoms with Gasteiger partial charge in [0.1, 0.15) is 17.2 Å². The monoisotopic (exact) mass is 356 g/mol. The predicted molar refractivity (Wildman–Crippen MR) is 103 cm³/mol. The van der Waals surface area contributed by atoms with Crippen LogP contribution in [0.3, 0.4) is 0 Å². The van der Waals surface area contributed by atoms with Crippen LogP contribution in [0.2, 0.25) is 0 Å². The third-order valence-electron chi connectivity index (χ3n) is 4.62. The van der Waals surface area contributed by atoms with Crippen molar-refractivity contribution in [3.63, 3.8) is 0 Å². The third-order valence-corrected chi connectivity index (χ3v) is 4.62. The van der Waals surface area contributed by atoms with Crippen LogP contribution in [0.4, 0.5) is 0 Å². The van der Waals surface area contributed by atoms with E-state index in [1.807, 2.05) is 55.4 Å². The van der Waals surface area contributed by atoms with Crippen molar-refractivity contribution in [2.75, 3.05) is 40.8 Å². The molecule has 0 radical (unpaired) electrons. The van der Waals surface area contributed by atoms with Crippen molar-refractivity contribution < 1.29 is 14.6 Å². The molecule has 140 valence electrons. The average Bonchev–Trinajstić information content (AvgIpc) is 2.95. The second-order valence-electron chi connectivity index (χ2n) is 7.35. The number of β-amino-alcohol motifs (C(OH)–C–C–N with tert-alkyl or cyclic N) is 1. The van der Waals surface area contributed by atoms with Gasteiger partial charge in [-0.2, -0.15) is 0 Å². The standard InChI is InChI=1S/C21H28N2O3/c1-22(2)15-21(24)11-12-23(16-21)14-17-5-4-6-20(13-17)26-19-9-7-18(25-3)8-10-19/h4-10,13,24H,11-12,14-16H2,1-3H3. The Morgan fingerprint density at radius 1 is 1.08 bits per heavy atom. The minimum Gasteiger partial charge on any atom is -0.497 e. The van der Waals surface area contributed by atoms with Gasteiger partial charge in [-0.3, -0.25) is 4.90 Å². The van der Waals surface area contributed by atoms with Crippen molar-refractivity contribution in [2.24, 2.45) is 0 Å². The third kappa shape index (κ3) is 4.97. The van der Waals surface area contributed by atoms with Gasteiger partial charge in [0.05, 0.1) is 12.7 Å². The van der Waals surface area contributed by atoms with Crippen LogP contribution in [0, 0.1) is 0 Å². The maximum atomic E-state index is 10.7. The van der Waals surface area contributed by atoms with Crippen LogP contribution in [-0.4, -0.2) is 61.3 Å². The Hall–Kier alpha value is -2.08. The number of likely N-dealkylation sites (tertiary alicyclic amines) is 1. The molecule has 5 nitrogen and oxygen atoms in total. The van der Waals surface area contributed by atoms with E-state index < -0.39 is 5.60 Å². The number of hydrogen-bond donors (Lipinski definition) is 1. The highest BCUT2D eigenvalue weighted by Gasteiger charge is 2.36. The van der Waals surface area contributed by atoms with Gasteiger partial charge < -0.3 is 19.5 Å². The van der Waals surface area contributed by atoms with Crippen molar-refractivity contribution in [1.82, 2.24) is 9.80 Å². The molecule has 1 fully saturated rings. The molecule has 0 spiro atoms. The van der Waals surface area contributed by atoms with Crippen LogP contribution in [0.5, 0.6) is 17.2 Å². The zero-order valence-corrected chi connectivity index (χ0v) is 15.8. The Kier molecular flexibility index (Phi) is 5.81. The van der Waals surface area contributed by atoms with E-state index in [2.05, 4.69) is 17.0 Å². The summed E-state index contributed by atoms with van der Waals surface area (Å²) in [4.78, 5) is 4.35. The van der Waals surface area contributed by atoms with E-state index in [0.717, 1.165) is 36.8 Å². The second-order valence-corrected chi connectivity index (χ2v) is 7.35. The first kappa shape index (κ1) is 18.7. The van der Waals surface area contributed by atoms with Gasteiger partial charge in [0.2, 0.25) is 0 Å². The van der Waals surface area contributed by atoms with Gasteiger partial charge >= 0.3 is 0 Å². The van der Waals surface area contributed by atoms with Crippen LogP contribution in [0.15, 0.2) is 48.5 Å². The zero-order chi connectivity index (χ0) is 18.6. The SMILES string of the molecule is COc1ccc(Oc2cccc(CN3CCC(O)(CN(C)C)C3)c2)cc1. The van der Waals surface area contributed by atoms with E-state index in [9.17, 15) is 5.11 Å². The summed E-state index contributed by atoms with van der Waals surface area (Å²) in [5.74, 6) is 2.41. The van der Waals surface area contributed by atoms with E-state index in [1.54, 1.807) is 7.11 Å². The lowest BCUT2D eigenvalue weighted by atomic mass is 10.0. The topological polar surface area (TPSA) is 45.2 Å². The lowest BCUT2D eigenvalue weighted by Gasteiger charge is -2.26. The van der Waals surface area contributed by atoms with Crippen LogP contribution >= 0.6 is 0 Å². The fourth-order valence-corrected chi connectivity index (χ4v) is 3.54. The van der Waals surface area contributed by atoms with Gasteiger partial charge in [0.15, 0.2) is 0 Å². The Balaban J connectivity index is 1.61. The van der Waals surface area contributed by atoms with E-state index in [1.165, 1.54) is 5.56 Å². The largest absolute Gasteiger partial charge is 0.497 e. The number of rotatable bonds is 7. The molecule has 2 aromatic carbocycles. The molecule has 1 aliphatic rings. The van der Waals surface area contributed by atoms with Gasteiger partial charge in [-0.1, -0.05) is 12.1 Å². The Morgan fingerprint density at radius 2 is 1.81 bits per heavy atom. The molecule has 1 aliphatic heterocycles. The fraction of sp³-hybridized carbons (Fsp3) is 0.429.